The molecule has 0 unspecified atom stereocenters. The molecule has 1 amide bonds. The lowest BCUT2D eigenvalue weighted by Gasteiger charge is -2.02. The lowest BCUT2D eigenvalue weighted by atomic mass is 10.1. The maximum Gasteiger partial charge on any atom is 0.256 e. The van der Waals surface area contributed by atoms with E-state index in [-0.39, 0.29) is 5.91 Å². The van der Waals surface area contributed by atoms with E-state index in [0.717, 1.165) is 16.9 Å². The molecule has 19 heavy (non-hydrogen) atoms. The number of H-pyrrole nitrogens is 1. The molecule has 2 N–H and O–H groups in total. The number of carbonyl (C=O) groups excluding carboxylic acids is 1. The quantitative estimate of drug-likeness (QED) is 0.827. The number of hydrogen-bond acceptors (Lipinski definition) is 2. The molecule has 3 rings (SSSR count). The summed E-state index contributed by atoms with van der Waals surface area (Å²) in [6, 6.07) is 7.19. The fourth-order valence-electron chi connectivity index (χ4n) is 2.15. The van der Waals surface area contributed by atoms with Gasteiger partial charge >= 0.3 is 0 Å². The zero-order chi connectivity index (χ0) is 13.4. The number of aromatic nitrogens is 1. The predicted molar refractivity (Wildman–Crippen MR) is 75.3 cm³/mol. The Morgan fingerprint density at radius 3 is 2.95 bits per heavy atom. The van der Waals surface area contributed by atoms with Crippen LogP contribution in [0.15, 0.2) is 30.5 Å². The monoisotopic (exact) mass is 274 g/mol. The van der Waals surface area contributed by atoms with Gasteiger partial charge in [-0.3, -0.25) is 4.79 Å². The van der Waals surface area contributed by atoms with E-state index in [1.807, 2.05) is 6.07 Å². The largest absolute Gasteiger partial charge is 0.495 e. The number of ether oxygens (including phenoxy) is 1. The number of hydrogen-bond donors (Lipinski definition) is 2. The number of rotatable bonds is 2. The summed E-state index contributed by atoms with van der Waals surface area (Å²) >= 11 is 6.17. The Kier molecular flexibility index (Phi) is 2.80. The van der Waals surface area contributed by atoms with Gasteiger partial charge in [0.15, 0.2) is 0 Å². The molecular formula is C14H11ClN2O2. The second-order valence-corrected chi connectivity index (χ2v) is 4.54. The maximum absolute atomic E-state index is 12.0. The van der Waals surface area contributed by atoms with Crippen molar-refractivity contribution >= 4 is 34.8 Å². The standard InChI is InChI=1S/C14H11ClN2O2/c1-19-12-5-6-16-11(12)7-8-13-9(15)3-2-4-10(13)17-14(8)18/h2-7,16H,1H3,(H,17,18). The molecular weight excluding hydrogens is 264 g/mol. The van der Waals surface area contributed by atoms with Crippen LogP contribution in [0.1, 0.15) is 11.3 Å². The molecule has 1 aromatic carbocycles. The molecule has 96 valence electrons. The van der Waals surface area contributed by atoms with Crippen LogP contribution < -0.4 is 10.1 Å². The lowest BCUT2D eigenvalue weighted by Crippen LogP contribution is -2.03. The molecule has 0 fully saturated rings. The summed E-state index contributed by atoms with van der Waals surface area (Å²) in [5, 5.41) is 3.34. The highest BCUT2D eigenvalue weighted by Crippen LogP contribution is 2.38. The molecule has 0 atom stereocenters. The van der Waals surface area contributed by atoms with Gasteiger partial charge in [-0.25, -0.2) is 0 Å². The van der Waals surface area contributed by atoms with Gasteiger partial charge < -0.3 is 15.0 Å². The van der Waals surface area contributed by atoms with Crippen LogP contribution in [0.3, 0.4) is 0 Å². The van der Waals surface area contributed by atoms with Crippen molar-refractivity contribution in [1.82, 2.24) is 4.98 Å². The van der Waals surface area contributed by atoms with Crippen molar-refractivity contribution in [3.8, 4) is 5.75 Å². The number of nitrogens with one attached hydrogen (secondary N) is 2. The first kappa shape index (κ1) is 11.9. The van der Waals surface area contributed by atoms with Gasteiger partial charge in [-0.15, -0.1) is 0 Å². The van der Waals surface area contributed by atoms with Crippen LogP contribution in [0.4, 0.5) is 5.69 Å². The molecule has 0 radical (unpaired) electrons. The van der Waals surface area contributed by atoms with Gasteiger partial charge in [0.05, 0.1) is 29.1 Å². The molecule has 1 aliphatic heterocycles. The number of fused-ring (bicyclic) bond motifs is 1. The van der Waals surface area contributed by atoms with Gasteiger partial charge in [-0.2, -0.15) is 0 Å². The SMILES string of the molecule is COc1cc[nH]c1C=C1C(=O)Nc2cccc(Cl)c21. The highest BCUT2D eigenvalue weighted by molar-refractivity contribution is 6.41. The third kappa shape index (κ3) is 1.90. The average Bonchev–Trinajstić information content (AvgIpc) is 2.96. The average molecular weight is 275 g/mol. The van der Waals surface area contributed by atoms with Gasteiger partial charge in [0.2, 0.25) is 0 Å². The van der Waals surface area contributed by atoms with E-state index < -0.39 is 0 Å². The molecule has 2 heterocycles. The molecule has 1 aliphatic rings. The lowest BCUT2D eigenvalue weighted by molar-refractivity contribution is -0.110. The zero-order valence-corrected chi connectivity index (χ0v) is 10.9. The highest BCUT2D eigenvalue weighted by atomic mass is 35.5. The predicted octanol–water partition coefficient (Wildman–Crippen LogP) is 3.17. The van der Waals surface area contributed by atoms with Gasteiger partial charge in [-0.1, -0.05) is 17.7 Å². The first-order valence-electron chi connectivity index (χ1n) is 5.74. The molecule has 0 saturated carbocycles. The molecule has 0 spiro atoms. The van der Waals surface area contributed by atoms with E-state index in [9.17, 15) is 4.79 Å². The number of anilines is 1. The third-order valence-corrected chi connectivity index (χ3v) is 3.34. The number of carbonyl (C=O) groups is 1. The summed E-state index contributed by atoms with van der Waals surface area (Å²) in [6.07, 6.45) is 3.50. The molecule has 1 aromatic heterocycles. The van der Waals surface area contributed by atoms with Crippen molar-refractivity contribution in [3.05, 3.63) is 46.7 Å². The molecule has 5 heteroatoms. The first-order chi connectivity index (χ1) is 9.20. The van der Waals surface area contributed by atoms with Crippen molar-refractivity contribution in [1.29, 1.82) is 0 Å². The summed E-state index contributed by atoms with van der Waals surface area (Å²) in [5.74, 6) is 0.514. The number of methoxy groups -OCH3 is 1. The first-order valence-corrected chi connectivity index (χ1v) is 6.12. The summed E-state index contributed by atoms with van der Waals surface area (Å²) in [6.45, 7) is 0. The second kappa shape index (κ2) is 4.48. The Bertz CT molecular complexity index is 689. The normalized spacial score (nSPS) is 15.5. The van der Waals surface area contributed by atoms with E-state index in [0.29, 0.717) is 16.3 Å². The number of amides is 1. The highest BCUT2D eigenvalue weighted by Gasteiger charge is 2.26. The number of halogens is 1. The van der Waals surface area contributed by atoms with Crippen molar-refractivity contribution in [3.63, 3.8) is 0 Å². The van der Waals surface area contributed by atoms with E-state index in [1.165, 1.54) is 0 Å². The Hall–Kier alpha value is -2.20. The second-order valence-electron chi connectivity index (χ2n) is 4.13. The Morgan fingerprint density at radius 1 is 1.32 bits per heavy atom. The van der Waals surface area contributed by atoms with Crippen molar-refractivity contribution in [2.45, 2.75) is 0 Å². The fraction of sp³-hybridized carbons (Fsp3) is 0.0714. The van der Waals surface area contributed by atoms with Crippen molar-refractivity contribution < 1.29 is 9.53 Å². The minimum absolute atomic E-state index is 0.167. The van der Waals surface area contributed by atoms with Crippen LogP contribution in [0, 0.1) is 0 Å². The van der Waals surface area contributed by atoms with Crippen LogP contribution in [-0.4, -0.2) is 18.0 Å². The zero-order valence-electron chi connectivity index (χ0n) is 10.2. The van der Waals surface area contributed by atoms with Crippen molar-refractivity contribution in [2.24, 2.45) is 0 Å². The van der Waals surface area contributed by atoms with Crippen LogP contribution in [0.25, 0.3) is 11.6 Å². The fourth-order valence-corrected chi connectivity index (χ4v) is 2.42. The van der Waals surface area contributed by atoms with E-state index in [1.54, 1.807) is 37.6 Å². The van der Waals surface area contributed by atoms with Crippen LogP contribution >= 0.6 is 11.6 Å². The summed E-state index contributed by atoms with van der Waals surface area (Å²) < 4.78 is 5.21. The minimum Gasteiger partial charge on any atom is -0.495 e. The molecule has 0 aliphatic carbocycles. The Labute approximate surface area is 115 Å². The number of benzene rings is 1. The van der Waals surface area contributed by atoms with E-state index in [4.69, 9.17) is 16.3 Å². The van der Waals surface area contributed by atoms with Crippen LogP contribution in [-0.2, 0) is 4.79 Å². The van der Waals surface area contributed by atoms with Gasteiger partial charge in [-0.05, 0) is 24.3 Å². The Morgan fingerprint density at radius 2 is 2.16 bits per heavy atom. The molecule has 4 nitrogen and oxygen atoms in total. The van der Waals surface area contributed by atoms with E-state index in [2.05, 4.69) is 10.3 Å². The molecule has 0 bridgehead atoms. The topological polar surface area (TPSA) is 54.1 Å². The maximum atomic E-state index is 12.0. The van der Waals surface area contributed by atoms with Gasteiger partial charge in [0, 0.05) is 11.8 Å². The van der Waals surface area contributed by atoms with Crippen molar-refractivity contribution in [2.75, 3.05) is 12.4 Å². The van der Waals surface area contributed by atoms with E-state index >= 15 is 0 Å². The molecule has 2 aromatic rings. The summed E-state index contributed by atoms with van der Waals surface area (Å²) in [7, 11) is 1.58. The Balaban J connectivity index is 2.15. The summed E-state index contributed by atoms with van der Waals surface area (Å²) in [5.41, 5.74) is 2.72. The molecule has 0 saturated heterocycles. The third-order valence-electron chi connectivity index (χ3n) is 3.02. The summed E-state index contributed by atoms with van der Waals surface area (Å²) in [4.78, 5) is 15.0. The van der Waals surface area contributed by atoms with Crippen LogP contribution in [0.2, 0.25) is 5.02 Å². The van der Waals surface area contributed by atoms with Crippen LogP contribution in [0.5, 0.6) is 5.75 Å². The minimum atomic E-state index is -0.167. The van der Waals surface area contributed by atoms with Gasteiger partial charge in [0.25, 0.3) is 5.91 Å². The van der Waals surface area contributed by atoms with Gasteiger partial charge in [0.1, 0.15) is 5.75 Å². The number of aromatic amines is 1. The smallest absolute Gasteiger partial charge is 0.256 e.